The highest BCUT2D eigenvalue weighted by Crippen LogP contribution is 2.26. The molecule has 2 aromatic heterocycles. The van der Waals surface area contributed by atoms with Crippen LogP contribution in [0.15, 0.2) is 24.5 Å². The molecule has 1 amide bonds. The molecule has 1 aliphatic carbocycles. The molecule has 3 rings (SSSR count). The van der Waals surface area contributed by atoms with E-state index in [0.717, 1.165) is 42.0 Å². The molecule has 0 bridgehead atoms. The number of imidazole rings is 1. The van der Waals surface area contributed by atoms with Crippen molar-refractivity contribution in [3.8, 4) is 0 Å². The zero-order chi connectivity index (χ0) is 16.4. The van der Waals surface area contributed by atoms with Crippen LogP contribution in [0.1, 0.15) is 61.9 Å². The lowest BCUT2D eigenvalue weighted by atomic mass is 9.89. The van der Waals surface area contributed by atoms with E-state index in [2.05, 4.69) is 34.1 Å². The van der Waals surface area contributed by atoms with E-state index >= 15 is 0 Å². The molecule has 2 heterocycles. The molecule has 0 aliphatic heterocycles. The van der Waals surface area contributed by atoms with Crippen molar-refractivity contribution in [3.63, 3.8) is 0 Å². The lowest BCUT2D eigenvalue weighted by Crippen LogP contribution is -2.35. The van der Waals surface area contributed by atoms with E-state index in [-0.39, 0.29) is 17.9 Å². The predicted molar refractivity (Wildman–Crippen MR) is 89.0 cm³/mol. The van der Waals surface area contributed by atoms with Gasteiger partial charge in [-0.2, -0.15) is 0 Å². The fourth-order valence-corrected chi connectivity index (χ4v) is 3.07. The van der Waals surface area contributed by atoms with Gasteiger partial charge in [0.25, 0.3) is 0 Å². The summed E-state index contributed by atoms with van der Waals surface area (Å²) in [5.41, 5.74) is 3.35. The molecule has 2 atom stereocenters. The molecule has 122 valence electrons. The van der Waals surface area contributed by atoms with Gasteiger partial charge in [0.15, 0.2) is 0 Å². The van der Waals surface area contributed by atoms with Crippen LogP contribution in [0, 0.1) is 5.92 Å². The minimum absolute atomic E-state index is 0.000103. The normalized spacial score (nSPS) is 18.5. The summed E-state index contributed by atoms with van der Waals surface area (Å²) in [7, 11) is 0. The Bertz CT molecular complexity index is 678. The van der Waals surface area contributed by atoms with Crippen LogP contribution >= 0.6 is 0 Å². The molecule has 0 saturated heterocycles. The number of rotatable bonds is 4. The van der Waals surface area contributed by atoms with Crippen molar-refractivity contribution in [2.45, 2.75) is 52.0 Å². The number of hydrogen-bond acceptors (Lipinski definition) is 3. The molecule has 0 saturated carbocycles. The molecule has 0 fully saturated rings. The lowest BCUT2D eigenvalue weighted by molar-refractivity contribution is -0.126. The van der Waals surface area contributed by atoms with E-state index in [1.165, 1.54) is 0 Å². The van der Waals surface area contributed by atoms with Crippen LogP contribution in [0.3, 0.4) is 0 Å². The van der Waals surface area contributed by atoms with Gasteiger partial charge in [-0.1, -0.05) is 13.8 Å². The number of aromatic amines is 1. The number of fused-ring (bicyclic) bond motifs is 1. The van der Waals surface area contributed by atoms with Crippen LogP contribution in [-0.2, 0) is 17.6 Å². The van der Waals surface area contributed by atoms with Crippen molar-refractivity contribution in [2.75, 3.05) is 0 Å². The van der Waals surface area contributed by atoms with Crippen molar-refractivity contribution in [1.29, 1.82) is 0 Å². The Kier molecular flexibility index (Phi) is 4.46. The molecule has 0 spiro atoms. The molecular weight excluding hydrogens is 288 g/mol. The molecule has 2 aromatic rings. The first-order chi connectivity index (χ1) is 11.0. The standard InChI is InChI=1S/C18H24N4O/c1-11(2)17-21-15-5-4-14(10-16(15)22-17)18(23)20-12(3)13-6-8-19-9-7-13/h6-9,11-12,14H,4-5,10H2,1-3H3,(H,20,23)(H,21,22). The zero-order valence-electron chi connectivity index (χ0n) is 14.0. The van der Waals surface area contributed by atoms with Crippen LogP contribution in [0.4, 0.5) is 0 Å². The summed E-state index contributed by atoms with van der Waals surface area (Å²) in [6.07, 6.45) is 6.00. The molecule has 5 heteroatoms. The first-order valence-electron chi connectivity index (χ1n) is 8.32. The summed E-state index contributed by atoms with van der Waals surface area (Å²) >= 11 is 0. The summed E-state index contributed by atoms with van der Waals surface area (Å²) in [5, 5.41) is 3.13. The largest absolute Gasteiger partial charge is 0.349 e. The number of H-pyrrole nitrogens is 1. The quantitative estimate of drug-likeness (QED) is 0.912. The van der Waals surface area contributed by atoms with Crippen LogP contribution in [-0.4, -0.2) is 20.9 Å². The maximum atomic E-state index is 12.6. The number of amides is 1. The molecule has 0 radical (unpaired) electrons. The van der Waals surface area contributed by atoms with Gasteiger partial charge < -0.3 is 10.3 Å². The number of hydrogen-bond donors (Lipinski definition) is 2. The zero-order valence-corrected chi connectivity index (χ0v) is 14.0. The second kappa shape index (κ2) is 6.52. The molecule has 0 aromatic carbocycles. The summed E-state index contributed by atoms with van der Waals surface area (Å²) in [4.78, 5) is 24.6. The van der Waals surface area contributed by atoms with Gasteiger partial charge in [-0.25, -0.2) is 4.98 Å². The van der Waals surface area contributed by atoms with Crippen LogP contribution in [0.2, 0.25) is 0 Å². The minimum atomic E-state index is -0.000103. The molecule has 23 heavy (non-hydrogen) atoms. The molecule has 1 aliphatic rings. The number of carbonyl (C=O) groups is 1. The third-order valence-electron chi connectivity index (χ3n) is 4.55. The molecule has 5 nitrogen and oxygen atoms in total. The van der Waals surface area contributed by atoms with Crippen molar-refractivity contribution in [1.82, 2.24) is 20.3 Å². The Labute approximate surface area is 136 Å². The Morgan fingerprint density at radius 3 is 2.74 bits per heavy atom. The molecule has 2 N–H and O–H groups in total. The average Bonchev–Trinajstić information content (AvgIpc) is 2.99. The van der Waals surface area contributed by atoms with Gasteiger partial charge in [0.1, 0.15) is 5.82 Å². The molecular formula is C18H24N4O. The van der Waals surface area contributed by atoms with Gasteiger partial charge in [0.05, 0.1) is 11.7 Å². The SMILES string of the molecule is CC(C)c1nc2c([nH]1)CC(C(=O)NC(C)c1ccncc1)CC2. The number of aromatic nitrogens is 3. The van der Waals surface area contributed by atoms with E-state index in [1.807, 2.05) is 19.1 Å². The smallest absolute Gasteiger partial charge is 0.223 e. The fraction of sp³-hybridized carbons (Fsp3) is 0.500. The maximum absolute atomic E-state index is 12.6. The highest BCUT2D eigenvalue weighted by molar-refractivity contribution is 5.79. The first-order valence-corrected chi connectivity index (χ1v) is 8.32. The predicted octanol–water partition coefficient (Wildman–Crippen LogP) is 2.91. The lowest BCUT2D eigenvalue weighted by Gasteiger charge is -2.23. The Balaban J connectivity index is 1.65. The van der Waals surface area contributed by atoms with E-state index in [1.54, 1.807) is 12.4 Å². The van der Waals surface area contributed by atoms with Gasteiger partial charge in [-0.15, -0.1) is 0 Å². The van der Waals surface area contributed by atoms with Crippen LogP contribution in [0.25, 0.3) is 0 Å². The monoisotopic (exact) mass is 312 g/mol. The second-order valence-corrected chi connectivity index (χ2v) is 6.65. The van der Waals surface area contributed by atoms with Gasteiger partial charge in [-0.3, -0.25) is 9.78 Å². The van der Waals surface area contributed by atoms with Crippen LogP contribution < -0.4 is 5.32 Å². The topological polar surface area (TPSA) is 70.7 Å². The van der Waals surface area contributed by atoms with Crippen molar-refractivity contribution < 1.29 is 4.79 Å². The van der Waals surface area contributed by atoms with E-state index in [9.17, 15) is 4.79 Å². The third-order valence-corrected chi connectivity index (χ3v) is 4.55. The summed E-state index contributed by atoms with van der Waals surface area (Å²) in [5.74, 6) is 1.56. The Morgan fingerprint density at radius 2 is 2.04 bits per heavy atom. The number of nitrogens with one attached hydrogen (secondary N) is 2. The minimum Gasteiger partial charge on any atom is -0.349 e. The maximum Gasteiger partial charge on any atom is 0.223 e. The number of nitrogens with zero attached hydrogens (tertiary/aromatic N) is 2. The number of pyridine rings is 1. The average molecular weight is 312 g/mol. The van der Waals surface area contributed by atoms with E-state index in [0.29, 0.717) is 5.92 Å². The third kappa shape index (κ3) is 3.44. The summed E-state index contributed by atoms with van der Waals surface area (Å²) in [6, 6.07) is 3.88. The van der Waals surface area contributed by atoms with Gasteiger partial charge in [-0.05, 0) is 37.5 Å². The highest BCUT2D eigenvalue weighted by atomic mass is 16.1. The van der Waals surface area contributed by atoms with Crippen LogP contribution in [0.5, 0.6) is 0 Å². The second-order valence-electron chi connectivity index (χ2n) is 6.65. The number of carbonyl (C=O) groups excluding carboxylic acids is 1. The van der Waals surface area contributed by atoms with Crippen molar-refractivity contribution in [2.24, 2.45) is 5.92 Å². The Morgan fingerprint density at radius 1 is 1.30 bits per heavy atom. The van der Waals surface area contributed by atoms with Crippen molar-refractivity contribution >= 4 is 5.91 Å². The van der Waals surface area contributed by atoms with E-state index < -0.39 is 0 Å². The van der Waals surface area contributed by atoms with Gasteiger partial charge >= 0.3 is 0 Å². The van der Waals surface area contributed by atoms with Gasteiger partial charge in [0.2, 0.25) is 5.91 Å². The highest BCUT2D eigenvalue weighted by Gasteiger charge is 2.28. The molecule has 2 unspecified atom stereocenters. The number of aryl methyl sites for hydroxylation is 1. The van der Waals surface area contributed by atoms with E-state index in [4.69, 9.17) is 0 Å². The van der Waals surface area contributed by atoms with Crippen molar-refractivity contribution in [3.05, 3.63) is 47.3 Å². The first kappa shape index (κ1) is 15.7. The summed E-state index contributed by atoms with van der Waals surface area (Å²) < 4.78 is 0. The fourth-order valence-electron chi connectivity index (χ4n) is 3.07. The Hall–Kier alpha value is -2.17. The summed E-state index contributed by atoms with van der Waals surface area (Å²) in [6.45, 7) is 6.27. The van der Waals surface area contributed by atoms with Gasteiger partial charge in [0, 0.05) is 36.3 Å².